The molecule has 2 fully saturated rings. The van der Waals surface area contributed by atoms with Crippen molar-refractivity contribution < 1.29 is 0 Å². The lowest BCUT2D eigenvalue weighted by molar-refractivity contribution is 0.147. The number of hydrogen-bond acceptors (Lipinski definition) is 2. The zero-order valence-corrected chi connectivity index (χ0v) is 13.9. The number of nitrogens with one attached hydrogen (secondary N) is 1. The first kappa shape index (κ1) is 16.3. The SMILES string of the molecule is CCCC1CCCC(N(CC)CC2CCCNC2)CC1. The highest BCUT2D eigenvalue weighted by molar-refractivity contribution is 4.80. The summed E-state index contributed by atoms with van der Waals surface area (Å²) in [5.41, 5.74) is 0. The molecule has 0 amide bonds. The fourth-order valence-corrected chi connectivity index (χ4v) is 4.37. The van der Waals surface area contributed by atoms with Crippen molar-refractivity contribution in [1.29, 1.82) is 0 Å². The first-order valence-corrected chi connectivity index (χ1v) is 9.28. The molecule has 0 aromatic carbocycles. The van der Waals surface area contributed by atoms with Gasteiger partial charge in [-0.15, -0.1) is 0 Å². The second-order valence-corrected chi connectivity index (χ2v) is 7.12. The Bertz CT molecular complexity index is 248. The molecule has 0 spiro atoms. The Morgan fingerprint density at radius 1 is 0.950 bits per heavy atom. The van der Waals surface area contributed by atoms with Crippen molar-refractivity contribution in [3.63, 3.8) is 0 Å². The van der Waals surface area contributed by atoms with Crippen molar-refractivity contribution in [1.82, 2.24) is 10.2 Å². The van der Waals surface area contributed by atoms with Crippen LogP contribution in [0.2, 0.25) is 0 Å². The summed E-state index contributed by atoms with van der Waals surface area (Å²) in [6, 6.07) is 0.879. The molecule has 2 rings (SSSR count). The van der Waals surface area contributed by atoms with Crippen molar-refractivity contribution in [2.24, 2.45) is 11.8 Å². The number of piperidine rings is 1. The third kappa shape index (κ3) is 5.04. The molecule has 1 aliphatic carbocycles. The van der Waals surface area contributed by atoms with Crippen LogP contribution in [0, 0.1) is 11.8 Å². The van der Waals surface area contributed by atoms with E-state index in [0.717, 1.165) is 17.9 Å². The predicted octanol–water partition coefficient (Wildman–Crippen LogP) is 4.06. The molecule has 1 N–H and O–H groups in total. The molecule has 1 saturated heterocycles. The normalized spacial score (nSPS) is 32.2. The Morgan fingerprint density at radius 3 is 2.50 bits per heavy atom. The first-order chi connectivity index (χ1) is 9.83. The molecule has 0 aromatic rings. The van der Waals surface area contributed by atoms with Gasteiger partial charge in [0.2, 0.25) is 0 Å². The molecule has 0 radical (unpaired) electrons. The minimum absolute atomic E-state index is 0.879. The second-order valence-electron chi connectivity index (χ2n) is 7.12. The number of rotatable bonds is 6. The molecule has 3 atom stereocenters. The van der Waals surface area contributed by atoms with Gasteiger partial charge in [0, 0.05) is 12.6 Å². The van der Waals surface area contributed by atoms with E-state index < -0.39 is 0 Å². The first-order valence-electron chi connectivity index (χ1n) is 9.28. The van der Waals surface area contributed by atoms with Crippen LogP contribution < -0.4 is 5.32 Å². The van der Waals surface area contributed by atoms with E-state index in [4.69, 9.17) is 0 Å². The summed E-state index contributed by atoms with van der Waals surface area (Å²) in [5.74, 6) is 1.93. The van der Waals surface area contributed by atoms with Crippen LogP contribution in [0.25, 0.3) is 0 Å². The average molecular weight is 280 g/mol. The minimum atomic E-state index is 0.879. The Hall–Kier alpha value is -0.0800. The molecule has 20 heavy (non-hydrogen) atoms. The number of hydrogen-bond donors (Lipinski definition) is 1. The van der Waals surface area contributed by atoms with Crippen LogP contribution in [-0.4, -0.2) is 37.1 Å². The third-order valence-electron chi connectivity index (χ3n) is 5.57. The zero-order chi connectivity index (χ0) is 14.2. The highest BCUT2D eigenvalue weighted by atomic mass is 15.2. The van der Waals surface area contributed by atoms with Crippen molar-refractivity contribution >= 4 is 0 Å². The molecule has 1 saturated carbocycles. The van der Waals surface area contributed by atoms with Crippen LogP contribution in [0.15, 0.2) is 0 Å². The van der Waals surface area contributed by atoms with Crippen LogP contribution in [0.5, 0.6) is 0 Å². The molecule has 0 aromatic heterocycles. The average Bonchev–Trinajstić information content (AvgIpc) is 2.72. The molecule has 1 aliphatic heterocycles. The van der Waals surface area contributed by atoms with Gasteiger partial charge in [0.15, 0.2) is 0 Å². The van der Waals surface area contributed by atoms with Crippen LogP contribution in [0.4, 0.5) is 0 Å². The summed E-state index contributed by atoms with van der Waals surface area (Å²) in [5, 5.41) is 3.58. The van der Waals surface area contributed by atoms with E-state index in [1.807, 2.05) is 0 Å². The van der Waals surface area contributed by atoms with Crippen molar-refractivity contribution in [3.8, 4) is 0 Å². The molecule has 1 heterocycles. The Morgan fingerprint density at radius 2 is 1.80 bits per heavy atom. The van der Waals surface area contributed by atoms with Crippen molar-refractivity contribution in [3.05, 3.63) is 0 Å². The van der Waals surface area contributed by atoms with Gasteiger partial charge in [0.25, 0.3) is 0 Å². The summed E-state index contributed by atoms with van der Waals surface area (Å²) in [6.45, 7) is 9.79. The predicted molar refractivity (Wildman–Crippen MR) is 88.1 cm³/mol. The quantitative estimate of drug-likeness (QED) is 0.738. The largest absolute Gasteiger partial charge is 0.316 e. The van der Waals surface area contributed by atoms with E-state index >= 15 is 0 Å². The van der Waals surface area contributed by atoms with Gasteiger partial charge in [-0.05, 0) is 63.6 Å². The third-order valence-corrected chi connectivity index (χ3v) is 5.57. The lowest BCUT2D eigenvalue weighted by atomic mass is 9.95. The standard InChI is InChI=1S/C18H36N2/c1-3-7-16-8-5-10-18(12-11-16)20(4-2)15-17-9-6-13-19-14-17/h16-19H,3-15H2,1-2H3. The highest BCUT2D eigenvalue weighted by Crippen LogP contribution is 2.29. The molecule has 118 valence electrons. The Kier molecular flexibility index (Phi) is 7.37. The van der Waals surface area contributed by atoms with E-state index in [1.165, 1.54) is 84.0 Å². The fourth-order valence-electron chi connectivity index (χ4n) is 4.37. The molecule has 0 bridgehead atoms. The van der Waals surface area contributed by atoms with Gasteiger partial charge in [-0.1, -0.05) is 39.5 Å². The Balaban J connectivity index is 1.80. The summed E-state index contributed by atoms with van der Waals surface area (Å²) >= 11 is 0. The van der Waals surface area contributed by atoms with Gasteiger partial charge in [0.1, 0.15) is 0 Å². The Labute approximate surface area is 126 Å². The van der Waals surface area contributed by atoms with E-state index in [2.05, 4.69) is 24.1 Å². The van der Waals surface area contributed by atoms with Gasteiger partial charge in [-0.3, -0.25) is 0 Å². The lowest BCUT2D eigenvalue weighted by Gasteiger charge is -2.35. The maximum absolute atomic E-state index is 3.58. The lowest BCUT2D eigenvalue weighted by Crippen LogP contribution is -2.42. The van der Waals surface area contributed by atoms with Gasteiger partial charge in [-0.25, -0.2) is 0 Å². The van der Waals surface area contributed by atoms with Gasteiger partial charge < -0.3 is 10.2 Å². The molecule has 2 heteroatoms. The molecular formula is C18H36N2. The van der Waals surface area contributed by atoms with E-state index in [-0.39, 0.29) is 0 Å². The molecule has 3 unspecified atom stereocenters. The summed E-state index contributed by atoms with van der Waals surface area (Å²) in [4.78, 5) is 2.81. The van der Waals surface area contributed by atoms with E-state index in [1.54, 1.807) is 0 Å². The minimum Gasteiger partial charge on any atom is -0.316 e. The van der Waals surface area contributed by atoms with E-state index in [0.29, 0.717) is 0 Å². The summed E-state index contributed by atoms with van der Waals surface area (Å²) < 4.78 is 0. The molecule has 2 nitrogen and oxygen atoms in total. The smallest absolute Gasteiger partial charge is 0.00953 e. The summed E-state index contributed by atoms with van der Waals surface area (Å²) in [7, 11) is 0. The van der Waals surface area contributed by atoms with Crippen LogP contribution in [0.1, 0.15) is 71.6 Å². The van der Waals surface area contributed by atoms with Crippen LogP contribution >= 0.6 is 0 Å². The highest BCUT2D eigenvalue weighted by Gasteiger charge is 2.25. The fraction of sp³-hybridized carbons (Fsp3) is 1.00. The molecular weight excluding hydrogens is 244 g/mol. The monoisotopic (exact) mass is 280 g/mol. The van der Waals surface area contributed by atoms with Crippen molar-refractivity contribution in [2.45, 2.75) is 77.7 Å². The van der Waals surface area contributed by atoms with Crippen LogP contribution in [0.3, 0.4) is 0 Å². The summed E-state index contributed by atoms with van der Waals surface area (Å²) in [6.07, 6.45) is 13.0. The maximum Gasteiger partial charge on any atom is 0.00953 e. The van der Waals surface area contributed by atoms with Crippen molar-refractivity contribution in [2.75, 3.05) is 26.2 Å². The van der Waals surface area contributed by atoms with Gasteiger partial charge in [0.05, 0.1) is 0 Å². The van der Waals surface area contributed by atoms with E-state index in [9.17, 15) is 0 Å². The maximum atomic E-state index is 3.58. The zero-order valence-electron chi connectivity index (χ0n) is 13.9. The van der Waals surface area contributed by atoms with Crippen LogP contribution in [-0.2, 0) is 0 Å². The second kappa shape index (κ2) is 9.04. The van der Waals surface area contributed by atoms with Gasteiger partial charge in [-0.2, -0.15) is 0 Å². The number of nitrogens with zero attached hydrogens (tertiary/aromatic N) is 1. The topological polar surface area (TPSA) is 15.3 Å². The van der Waals surface area contributed by atoms with Gasteiger partial charge >= 0.3 is 0 Å². The molecule has 2 aliphatic rings.